The van der Waals surface area contributed by atoms with Crippen molar-refractivity contribution in [2.75, 3.05) is 27.9 Å². The van der Waals surface area contributed by atoms with Gasteiger partial charge in [0.2, 0.25) is 5.82 Å². The number of methoxy groups -OCH3 is 3. The van der Waals surface area contributed by atoms with E-state index in [0.29, 0.717) is 18.7 Å². The Hall–Kier alpha value is -2.79. The summed E-state index contributed by atoms with van der Waals surface area (Å²) in [5.74, 6) is -4.38. The fraction of sp³-hybridized carbons (Fsp3) is 0.421. The first-order chi connectivity index (χ1) is 12.9. The van der Waals surface area contributed by atoms with Gasteiger partial charge in [-0.2, -0.15) is 9.65 Å². The van der Waals surface area contributed by atoms with Gasteiger partial charge in [0.15, 0.2) is 11.6 Å². The zero-order valence-electron chi connectivity index (χ0n) is 15.5. The average Bonchev–Trinajstić information content (AvgIpc) is 2.67. The Morgan fingerprint density at radius 1 is 1.30 bits per heavy atom. The Morgan fingerprint density at radius 2 is 2.00 bits per heavy atom. The standard InChI is InChI=1S/C19H20F2N2O4/c1-10-12(9-22)15(11-5-6-13(20)17(21)18(11)26-3)16(19(24)27-4)14(23-10)7-8-25-2/h5-6,10,16H,7-8H2,1-4H3. The third kappa shape index (κ3) is 3.83. The molecule has 0 saturated carbocycles. The Balaban J connectivity index is 2.77. The number of nitrogens with zero attached hydrogens (tertiary/aromatic N) is 2. The van der Waals surface area contributed by atoms with Crippen LogP contribution < -0.4 is 4.74 Å². The summed E-state index contributed by atoms with van der Waals surface area (Å²) in [4.78, 5) is 17.0. The van der Waals surface area contributed by atoms with Gasteiger partial charge in [0.05, 0.1) is 38.5 Å². The molecule has 8 heteroatoms. The highest BCUT2D eigenvalue weighted by molar-refractivity contribution is 6.14. The summed E-state index contributed by atoms with van der Waals surface area (Å²) in [6.45, 7) is 1.98. The molecule has 1 aliphatic rings. The summed E-state index contributed by atoms with van der Waals surface area (Å²) >= 11 is 0. The molecular weight excluding hydrogens is 358 g/mol. The third-order valence-corrected chi connectivity index (χ3v) is 4.35. The quantitative estimate of drug-likeness (QED) is 0.711. The van der Waals surface area contributed by atoms with Crippen LogP contribution in [0.2, 0.25) is 0 Å². The van der Waals surface area contributed by atoms with Crippen LogP contribution >= 0.6 is 0 Å². The molecule has 1 heterocycles. The third-order valence-electron chi connectivity index (χ3n) is 4.35. The summed E-state index contributed by atoms with van der Waals surface area (Å²) in [6, 6.07) is 3.67. The van der Waals surface area contributed by atoms with Crippen molar-refractivity contribution in [1.82, 2.24) is 0 Å². The van der Waals surface area contributed by atoms with E-state index in [1.807, 2.05) is 6.07 Å². The molecule has 0 aromatic heterocycles. The van der Waals surface area contributed by atoms with Gasteiger partial charge in [-0.1, -0.05) is 0 Å². The number of rotatable bonds is 6. The number of halogens is 2. The monoisotopic (exact) mass is 378 g/mol. The number of ether oxygens (including phenoxy) is 3. The van der Waals surface area contributed by atoms with Gasteiger partial charge < -0.3 is 14.2 Å². The highest BCUT2D eigenvalue weighted by Crippen LogP contribution is 2.41. The van der Waals surface area contributed by atoms with E-state index in [4.69, 9.17) is 14.2 Å². The predicted molar refractivity (Wildman–Crippen MR) is 94.3 cm³/mol. The van der Waals surface area contributed by atoms with Crippen LogP contribution in [-0.2, 0) is 14.3 Å². The lowest BCUT2D eigenvalue weighted by Crippen LogP contribution is -2.33. The van der Waals surface area contributed by atoms with Gasteiger partial charge in [-0.15, -0.1) is 0 Å². The van der Waals surface area contributed by atoms with E-state index in [1.165, 1.54) is 27.4 Å². The first-order valence-corrected chi connectivity index (χ1v) is 8.21. The second-order valence-electron chi connectivity index (χ2n) is 5.88. The maximum absolute atomic E-state index is 14.3. The number of aliphatic imine (C=N–C) groups is 1. The van der Waals surface area contributed by atoms with Crippen molar-refractivity contribution in [1.29, 1.82) is 5.26 Å². The van der Waals surface area contributed by atoms with Gasteiger partial charge in [0.1, 0.15) is 5.92 Å². The topological polar surface area (TPSA) is 80.9 Å². The van der Waals surface area contributed by atoms with Crippen LogP contribution in [0.3, 0.4) is 0 Å². The fourth-order valence-electron chi connectivity index (χ4n) is 3.12. The van der Waals surface area contributed by atoms with Crippen LogP contribution in [0.5, 0.6) is 5.75 Å². The van der Waals surface area contributed by atoms with Crippen LogP contribution in [0.25, 0.3) is 5.57 Å². The van der Waals surface area contributed by atoms with Crippen molar-refractivity contribution in [2.24, 2.45) is 10.9 Å². The van der Waals surface area contributed by atoms with Crippen LogP contribution in [-0.4, -0.2) is 45.7 Å². The molecule has 144 valence electrons. The van der Waals surface area contributed by atoms with Crippen LogP contribution in [0.4, 0.5) is 8.78 Å². The molecule has 0 fully saturated rings. The zero-order valence-corrected chi connectivity index (χ0v) is 15.5. The average molecular weight is 378 g/mol. The molecule has 2 atom stereocenters. The van der Waals surface area contributed by atoms with E-state index in [1.54, 1.807) is 6.92 Å². The summed E-state index contributed by atoms with van der Waals surface area (Å²) in [5.41, 5.74) is 0.918. The number of hydrogen-bond donors (Lipinski definition) is 0. The fourth-order valence-corrected chi connectivity index (χ4v) is 3.12. The minimum atomic E-state index is -1.20. The zero-order chi connectivity index (χ0) is 20.1. The summed E-state index contributed by atoms with van der Waals surface area (Å²) < 4.78 is 43.0. The molecule has 0 N–H and O–H groups in total. The Bertz CT molecular complexity index is 843. The van der Waals surface area contributed by atoms with Crippen molar-refractivity contribution in [3.05, 3.63) is 34.9 Å². The molecule has 27 heavy (non-hydrogen) atoms. The van der Waals surface area contributed by atoms with Gasteiger partial charge in [-0.05, 0) is 24.6 Å². The molecule has 0 amide bonds. The number of carbonyl (C=O) groups is 1. The second kappa shape index (κ2) is 8.73. The molecule has 6 nitrogen and oxygen atoms in total. The lowest BCUT2D eigenvalue weighted by Gasteiger charge is -2.29. The lowest BCUT2D eigenvalue weighted by atomic mass is 9.79. The van der Waals surface area contributed by atoms with Crippen molar-refractivity contribution in [2.45, 2.75) is 19.4 Å². The van der Waals surface area contributed by atoms with Crippen LogP contribution in [0.15, 0.2) is 22.7 Å². The minimum Gasteiger partial charge on any atom is -0.493 e. The highest BCUT2D eigenvalue weighted by atomic mass is 19.2. The van der Waals surface area contributed by atoms with E-state index in [2.05, 4.69) is 4.99 Å². The number of esters is 1. The maximum atomic E-state index is 14.3. The van der Waals surface area contributed by atoms with E-state index >= 15 is 0 Å². The number of benzene rings is 1. The summed E-state index contributed by atoms with van der Waals surface area (Å²) in [6.07, 6.45) is 0.314. The van der Waals surface area contributed by atoms with Crippen LogP contribution in [0, 0.1) is 28.9 Å². The highest BCUT2D eigenvalue weighted by Gasteiger charge is 2.39. The SMILES string of the molecule is COCCC1=NC(C)C(C#N)=C(c2ccc(F)c(F)c2OC)C1C(=O)OC. The van der Waals surface area contributed by atoms with E-state index in [-0.39, 0.29) is 22.5 Å². The molecule has 1 aromatic rings. The van der Waals surface area contributed by atoms with E-state index < -0.39 is 29.6 Å². The first-order valence-electron chi connectivity index (χ1n) is 8.21. The van der Waals surface area contributed by atoms with Gasteiger partial charge in [-0.3, -0.25) is 9.79 Å². The Morgan fingerprint density at radius 3 is 2.56 bits per heavy atom. The molecule has 1 aliphatic heterocycles. The Labute approximate surface area is 156 Å². The van der Waals surface area contributed by atoms with Crippen molar-refractivity contribution in [3.63, 3.8) is 0 Å². The molecule has 0 radical (unpaired) electrons. The van der Waals surface area contributed by atoms with E-state index in [9.17, 15) is 18.8 Å². The second-order valence-corrected chi connectivity index (χ2v) is 5.88. The smallest absolute Gasteiger partial charge is 0.318 e. The normalized spacial score (nSPS) is 19.4. The van der Waals surface area contributed by atoms with Gasteiger partial charge in [0, 0.05) is 24.8 Å². The molecule has 0 saturated heterocycles. The minimum absolute atomic E-state index is 0.111. The molecule has 0 spiro atoms. The predicted octanol–water partition coefficient (Wildman–Crippen LogP) is 2.92. The largest absolute Gasteiger partial charge is 0.493 e. The molecule has 0 aliphatic carbocycles. The molecule has 2 rings (SSSR count). The van der Waals surface area contributed by atoms with Gasteiger partial charge >= 0.3 is 5.97 Å². The first kappa shape index (κ1) is 20.5. The van der Waals surface area contributed by atoms with Crippen molar-refractivity contribution in [3.8, 4) is 11.8 Å². The molecule has 0 bridgehead atoms. The Kier molecular flexibility index (Phi) is 6.64. The van der Waals surface area contributed by atoms with Crippen LogP contribution in [0.1, 0.15) is 18.9 Å². The lowest BCUT2D eigenvalue weighted by molar-refractivity contribution is -0.141. The molecular formula is C19H20F2N2O4. The number of dihydropyridines is 1. The molecule has 2 unspecified atom stereocenters. The number of carbonyl (C=O) groups excluding carboxylic acids is 1. The summed E-state index contributed by atoms with van der Waals surface area (Å²) in [5, 5.41) is 9.65. The van der Waals surface area contributed by atoms with Crippen molar-refractivity contribution >= 4 is 17.3 Å². The molecule has 1 aromatic carbocycles. The number of nitriles is 1. The summed E-state index contributed by atoms with van der Waals surface area (Å²) in [7, 11) is 3.91. The maximum Gasteiger partial charge on any atom is 0.318 e. The van der Waals surface area contributed by atoms with E-state index in [0.717, 1.165) is 6.07 Å². The van der Waals surface area contributed by atoms with Crippen molar-refractivity contribution < 1.29 is 27.8 Å². The van der Waals surface area contributed by atoms with Gasteiger partial charge in [-0.25, -0.2) is 4.39 Å². The van der Waals surface area contributed by atoms with Gasteiger partial charge in [0.25, 0.3) is 0 Å². The number of hydrogen-bond acceptors (Lipinski definition) is 6.